The Morgan fingerprint density at radius 2 is 1.88 bits per heavy atom. The second-order valence-corrected chi connectivity index (χ2v) is 11.4. The minimum Gasteiger partial charge on any atom is -0.507 e. The van der Waals surface area contributed by atoms with Crippen molar-refractivity contribution in [2.75, 3.05) is 46.4 Å². The Labute approximate surface area is 240 Å². The molecule has 0 radical (unpaired) electrons. The topological polar surface area (TPSA) is 88.3 Å². The first-order chi connectivity index (χ1) is 20.0. The van der Waals surface area contributed by atoms with Crippen molar-refractivity contribution in [3.63, 3.8) is 0 Å². The molecule has 216 valence electrons. The van der Waals surface area contributed by atoms with E-state index in [0.717, 1.165) is 49.8 Å². The zero-order chi connectivity index (χ0) is 28.5. The maximum Gasteiger partial charge on any atom is 0.342 e. The van der Waals surface area contributed by atoms with Gasteiger partial charge in [0.1, 0.15) is 28.4 Å². The average Bonchev–Trinajstić information content (AvgIpc) is 3.74. The lowest BCUT2D eigenvalue weighted by atomic mass is 9.89. The van der Waals surface area contributed by atoms with E-state index in [1.807, 2.05) is 30.3 Å². The maximum absolute atomic E-state index is 13.4. The molecule has 4 aromatic rings. The molecule has 8 nitrogen and oxygen atoms in total. The lowest BCUT2D eigenvalue weighted by Gasteiger charge is -2.39. The number of nitrogens with zero attached hydrogens (tertiary/aromatic N) is 3. The van der Waals surface area contributed by atoms with Crippen LogP contribution in [0.25, 0.3) is 21.7 Å². The molecule has 2 aromatic heterocycles. The molecule has 2 fully saturated rings. The zero-order valence-corrected chi connectivity index (χ0v) is 24.2. The summed E-state index contributed by atoms with van der Waals surface area (Å²) >= 11 is 0. The lowest BCUT2D eigenvalue weighted by molar-refractivity contribution is 0.0526. The smallest absolute Gasteiger partial charge is 0.342 e. The Balaban J connectivity index is 1.54. The SMILES string of the molecule is CCOC(=O)c1c(C)oc2c1c(C(c1ccncc1)N1CCN(C)CC1)c(O)c1ccc(OCCCC3CC3)cc12. The molecule has 6 rings (SSSR count). The molecule has 0 spiro atoms. The van der Waals surface area contributed by atoms with E-state index in [9.17, 15) is 9.90 Å². The number of furan rings is 1. The van der Waals surface area contributed by atoms with Crippen molar-refractivity contribution in [3.8, 4) is 11.5 Å². The number of phenolic OH excluding ortho intramolecular Hbond substituents is 1. The first kappa shape index (κ1) is 27.5. The standard InChI is InChI=1S/C33H39N3O5/c1-4-39-33(38)27-21(2)41-32-26-20-24(40-19-5-6-22-7-8-22)9-10-25(26)31(37)29(28(27)32)30(23-11-13-34-14-12-23)36-17-15-35(3)16-18-36/h9-14,20,22,30,37H,4-8,15-19H2,1-3H3. The maximum atomic E-state index is 13.4. The molecule has 1 aliphatic heterocycles. The molecule has 2 aromatic carbocycles. The van der Waals surface area contributed by atoms with Crippen LogP contribution in [0.1, 0.15) is 65.9 Å². The average molecular weight is 558 g/mol. The fraction of sp³-hybridized carbons (Fsp3) is 0.455. The van der Waals surface area contributed by atoms with Crippen LogP contribution in [0.2, 0.25) is 0 Å². The van der Waals surface area contributed by atoms with Crippen LogP contribution in [0.15, 0.2) is 47.1 Å². The highest BCUT2D eigenvalue weighted by Gasteiger charge is 2.35. The van der Waals surface area contributed by atoms with Crippen LogP contribution < -0.4 is 4.74 Å². The van der Waals surface area contributed by atoms with Crippen molar-refractivity contribution < 1.29 is 23.8 Å². The van der Waals surface area contributed by atoms with Crippen LogP contribution in [0.3, 0.4) is 0 Å². The number of hydrogen-bond acceptors (Lipinski definition) is 8. The van der Waals surface area contributed by atoms with E-state index in [0.29, 0.717) is 45.2 Å². The van der Waals surface area contributed by atoms with Gasteiger partial charge < -0.3 is 23.9 Å². The minimum absolute atomic E-state index is 0.139. The quantitative estimate of drug-likeness (QED) is 0.186. The molecule has 1 saturated carbocycles. The third kappa shape index (κ3) is 5.51. The first-order valence-electron chi connectivity index (χ1n) is 14.8. The number of phenols is 1. The number of likely N-dealkylation sites (N-methyl/N-ethyl adjacent to an activating group) is 1. The lowest BCUT2D eigenvalue weighted by Crippen LogP contribution is -2.46. The second-order valence-electron chi connectivity index (χ2n) is 11.4. The molecular formula is C33H39N3O5. The van der Waals surface area contributed by atoms with Gasteiger partial charge in [-0.05, 0) is 75.5 Å². The van der Waals surface area contributed by atoms with Gasteiger partial charge in [-0.15, -0.1) is 0 Å². The van der Waals surface area contributed by atoms with Gasteiger partial charge in [0.2, 0.25) is 0 Å². The number of rotatable bonds is 10. The molecule has 1 N–H and O–H groups in total. The minimum atomic E-state index is -0.455. The number of carbonyl (C=O) groups excluding carboxylic acids is 1. The Hall–Kier alpha value is -3.62. The summed E-state index contributed by atoms with van der Waals surface area (Å²) in [6, 6.07) is 9.38. The highest BCUT2D eigenvalue weighted by molar-refractivity contribution is 6.17. The van der Waals surface area contributed by atoms with E-state index >= 15 is 0 Å². The van der Waals surface area contributed by atoms with Crippen molar-refractivity contribution in [2.45, 2.75) is 45.6 Å². The molecule has 1 aliphatic carbocycles. The predicted molar refractivity (Wildman–Crippen MR) is 159 cm³/mol. The van der Waals surface area contributed by atoms with Crippen LogP contribution in [0.4, 0.5) is 0 Å². The molecule has 8 heteroatoms. The largest absolute Gasteiger partial charge is 0.507 e. The van der Waals surface area contributed by atoms with Gasteiger partial charge >= 0.3 is 5.97 Å². The van der Waals surface area contributed by atoms with Crippen molar-refractivity contribution in [1.82, 2.24) is 14.8 Å². The van der Waals surface area contributed by atoms with E-state index in [4.69, 9.17) is 13.9 Å². The van der Waals surface area contributed by atoms with E-state index < -0.39 is 5.97 Å². The number of piperazine rings is 1. The summed E-state index contributed by atoms with van der Waals surface area (Å²) in [5.74, 6) is 1.74. The number of aryl methyl sites for hydroxylation is 1. The molecule has 1 saturated heterocycles. The van der Waals surface area contributed by atoms with E-state index in [1.54, 1.807) is 26.2 Å². The third-order valence-corrected chi connectivity index (χ3v) is 8.50. The number of carbonyl (C=O) groups is 1. The number of hydrogen-bond donors (Lipinski definition) is 1. The summed E-state index contributed by atoms with van der Waals surface area (Å²) in [4.78, 5) is 22.3. The van der Waals surface area contributed by atoms with Gasteiger partial charge in [-0.3, -0.25) is 9.88 Å². The van der Waals surface area contributed by atoms with E-state index in [2.05, 4.69) is 21.8 Å². The van der Waals surface area contributed by atoms with Gasteiger partial charge in [-0.1, -0.05) is 12.8 Å². The molecule has 41 heavy (non-hydrogen) atoms. The van der Waals surface area contributed by atoms with Crippen LogP contribution in [-0.2, 0) is 4.74 Å². The first-order valence-corrected chi connectivity index (χ1v) is 14.8. The number of fused-ring (bicyclic) bond motifs is 3. The van der Waals surface area contributed by atoms with Crippen LogP contribution in [0.5, 0.6) is 11.5 Å². The summed E-state index contributed by atoms with van der Waals surface area (Å²) < 4.78 is 18.0. The number of esters is 1. The van der Waals surface area contributed by atoms with Gasteiger partial charge in [-0.2, -0.15) is 0 Å². The van der Waals surface area contributed by atoms with Gasteiger partial charge in [0.25, 0.3) is 0 Å². The van der Waals surface area contributed by atoms with Gasteiger partial charge in [0.15, 0.2) is 0 Å². The summed E-state index contributed by atoms with van der Waals surface area (Å²) in [6.45, 7) is 7.88. The van der Waals surface area contributed by atoms with Crippen molar-refractivity contribution in [2.24, 2.45) is 5.92 Å². The van der Waals surface area contributed by atoms with E-state index in [1.165, 1.54) is 19.3 Å². The third-order valence-electron chi connectivity index (χ3n) is 8.50. The molecule has 0 amide bonds. The van der Waals surface area contributed by atoms with Crippen molar-refractivity contribution in [1.29, 1.82) is 0 Å². The highest BCUT2D eigenvalue weighted by Crippen LogP contribution is 2.48. The van der Waals surface area contributed by atoms with Gasteiger partial charge in [-0.25, -0.2) is 4.79 Å². The second kappa shape index (κ2) is 11.7. The Kier molecular flexibility index (Phi) is 7.86. The molecule has 2 aliphatic rings. The fourth-order valence-corrected chi connectivity index (χ4v) is 6.13. The van der Waals surface area contributed by atoms with Gasteiger partial charge in [0, 0.05) is 60.3 Å². The number of aromatic nitrogens is 1. The summed E-state index contributed by atoms with van der Waals surface area (Å²) in [6.07, 6.45) is 8.44. The van der Waals surface area contributed by atoms with Crippen molar-refractivity contribution in [3.05, 3.63) is 65.2 Å². The van der Waals surface area contributed by atoms with Crippen LogP contribution in [-0.4, -0.2) is 72.3 Å². The van der Waals surface area contributed by atoms with Gasteiger partial charge in [0.05, 0.1) is 19.3 Å². The monoisotopic (exact) mass is 557 g/mol. The highest BCUT2D eigenvalue weighted by atomic mass is 16.5. The summed E-state index contributed by atoms with van der Waals surface area (Å²) in [5.41, 5.74) is 2.56. The Morgan fingerprint density at radius 1 is 1.12 bits per heavy atom. The number of ether oxygens (including phenoxy) is 2. The summed E-state index contributed by atoms with van der Waals surface area (Å²) in [7, 11) is 2.12. The number of benzene rings is 2. The Morgan fingerprint density at radius 3 is 2.59 bits per heavy atom. The fourth-order valence-electron chi connectivity index (χ4n) is 6.13. The molecule has 1 atom stereocenters. The molecular weight excluding hydrogens is 518 g/mol. The molecule has 0 bridgehead atoms. The molecule has 3 heterocycles. The zero-order valence-electron chi connectivity index (χ0n) is 24.2. The normalized spacial score (nSPS) is 17.2. The van der Waals surface area contributed by atoms with Crippen LogP contribution in [0, 0.1) is 12.8 Å². The number of pyridine rings is 1. The van der Waals surface area contributed by atoms with Crippen molar-refractivity contribution >= 4 is 27.7 Å². The molecule has 1 unspecified atom stereocenters. The number of aromatic hydroxyl groups is 1. The van der Waals surface area contributed by atoms with Crippen LogP contribution >= 0.6 is 0 Å². The Bertz CT molecular complexity index is 1540. The summed E-state index contributed by atoms with van der Waals surface area (Å²) in [5, 5.41) is 14.1. The predicted octanol–water partition coefficient (Wildman–Crippen LogP) is 6.08. The van der Waals surface area contributed by atoms with E-state index in [-0.39, 0.29) is 18.4 Å².